The summed E-state index contributed by atoms with van der Waals surface area (Å²) in [6, 6.07) is 2.02. The van der Waals surface area contributed by atoms with Gasteiger partial charge in [-0.2, -0.15) is 0 Å². The van der Waals surface area contributed by atoms with Crippen LogP contribution in [-0.2, 0) is 14.4 Å². The molecule has 144 valence electrons. The highest BCUT2D eigenvalue weighted by molar-refractivity contribution is 6.45. The van der Waals surface area contributed by atoms with E-state index in [1.807, 2.05) is 0 Å². The summed E-state index contributed by atoms with van der Waals surface area (Å²) in [6.07, 6.45) is 1.35. The van der Waals surface area contributed by atoms with Crippen LogP contribution in [-0.4, -0.2) is 67.5 Å². The Hall–Kier alpha value is -3.30. The second kappa shape index (κ2) is 7.14. The number of anilines is 1. The predicted molar refractivity (Wildman–Crippen MR) is 91.7 cm³/mol. The van der Waals surface area contributed by atoms with Crippen molar-refractivity contribution in [1.82, 2.24) is 9.80 Å². The van der Waals surface area contributed by atoms with E-state index < -0.39 is 30.3 Å². The number of carbonyl (C=O) groups is 4. The first kappa shape index (κ1) is 18.5. The molecule has 1 aliphatic carbocycles. The van der Waals surface area contributed by atoms with Crippen molar-refractivity contribution in [3.8, 4) is 17.2 Å². The Kier molecular flexibility index (Phi) is 4.89. The van der Waals surface area contributed by atoms with Crippen molar-refractivity contribution in [2.45, 2.75) is 18.9 Å². The first-order valence-electron chi connectivity index (χ1n) is 8.20. The third-order valence-electron chi connectivity index (χ3n) is 4.25. The fourth-order valence-electron chi connectivity index (χ4n) is 2.81. The summed E-state index contributed by atoms with van der Waals surface area (Å²) in [5.74, 6) is -1.51. The lowest BCUT2D eigenvalue weighted by atomic mass is 10.2. The molecule has 0 unspecified atom stereocenters. The summed E-state index contributed by atoms with van der Waals surface area (Å²) >= 11 is 0. The van der Waals surface area contributed by atoms with Gasteiger partial charge in [0.2, 0.25) is 11.7 Å². The number of hydrogen-bond donors (Lipinski definition) is 1. The van der Waals surface area contributed by atoms with Gasteiger partial charge in [-0.25, -0.2) is 9.69 Å². The summed E-state index contributed by atoms with van der Waals surface area (Å²) in [5.41, 5.74) is 0.318. The van der Waals surface area contributed by atoms with Crippen LogP contribution in [0.1, 0.15) is 12.8 Å². The number of hydrogen-bond acceptors (Lipinski definition) is 7. The molecule has 0 atom stereocenters. The number of nitrogens with zero attached hydrogens (tertiary/aromatic N) is 2. The van der Waals surface area contributed by atoms with E-state index in [0.29, 0.717) is 40.7 Å². The Morgan fingerprint density at radius 1 is 1.04 bits per heavy atom. The maximum atomic E-state index is 12.3. The molecule has 0 radical (unpaired) electrons. The number of carbonyl (C=O) groups excluding carboxylic acids is 4. The molecule has 1 aliphatic heterocycles. The topological polar surface area (TPSA) is 114 Å². The molecular formula is C17H19N3O7. The minimum absolute atomic E-state index is 0.239. The number of methoxy groups -OCH3 is 3. The van der Waals surface area contributed by atoms with Gasteiger partial charge in [-0.1, -0.05) is 0 Å². The van der Waals surface area contributed by atoms with Gasteiger partial charge in [-0.05, 0) is 12.8 Å². The van der Waals surface area contributed by atoms with Gasteiger partial charge in [-0.3, -0.25) is 19.3 Å². The van der Waals surface area contributed by atoms with Gasteiger partial charge in [-0.15, -0.1) is 0 Å². The molecule has 1 N–H and O–H groups in total. The summed E-state index contributed by atoms with van der Waals surface area (Å²) in [7, 11) is 4.32. The molecule has 1 saturated carbocycles. The summed E-state index contributed by atoms with van der Waals surface area (Å²) in [4.78, 5) is 50.1. The highest BCUT2D eigenvalue weighted by Crippen LogP contribution is 2.40. The quantitative estimate of drug-likeness (QED) is 0.547. The average Bonchev–Trinajstić information content (AvgIpc) is 3.46. The number of imide groups is 2. The molecule has 10 heteroatoms. The first-order chi connectivity index (χ1) is 12.9. The maximum Gasteiger partial charge on any atom is 0.334 e. The van der Waals surface area contributed by atoms with Crippen molar-refractivity contribution < 1.29 is 33.4 Å². The van der Waals surface area contributed by atoms with E-state index in [1.165, 1.54) is 33.5 Å². The zero-order valence-corrected chi connectivity index (χ0v) is 15.1. The molecule has 0 spiro atoms. The minimum Gasteiger partial charge on any atom is -0.493 e. The fraction of sp³-hybridized carbons (Fsp3) is 0.412. The van der Waals surface area contributed by atoms with Crippen molar-refractivity contribution in [2.75, 3.05) is 33.2 Å². The van der Waals surface area contributed by atoms with Gasteiger partial charge in [0.25, 0.3) is 0 Å². The Bertz CT molecular complexity index is 794. The zero-order chi connectivity index (χ0) is 19.7. The van der Waals surface area contributed by atoms with Crippen LogP contribution in [0.15, 0.2) is 12.1 Å². The van der Waals surface area contributed by atoms with E-state index in [0.717, 1.165) is 4.90 Å². The molecule has 1 aromatic carbocycles. The monoisotopic (exact) mass is 377 g/mol. The van der Waals surface area contributed by atoms with Crippen molar-refractivity contribution in [3.05, 3.63) is 12.1 Å². The van der Waals surface area contributed by atoms with Gasteiger partial charge in [0.05, 0.1) is 21.3 Å². The lowest BCUT2D eigenvalue weighted by molar-refractivity contribution is -0.143. The Morgan fingerprint density at radius 3 is 2.11 bits per heavy atom. The van der Waals surface area contributed by atoms with Crippen LogP contribution in [0.4, 0.5) is 10.5 Å². The molecule has 1 saturated heterocycles. The predicted octanol–water partition coefficient (Wildman–Crippen LogP) is 0.604. The Balaban J connectivity index is 1.73. The second-order valence-electron chi connectivity index (χ2n) is 6.04. The van der Waals surface area contributed by atoms with Crippen molar-refractivity contribution >= 4 is 29.4 Å². The van der Waals surface area contributed by atoms with E-state index >= 15 is 0 Å². The first-order valence-corrected chi connectivity index (χ1v) is 8.20. The van der Waals surface area contributed by atoms with Crippen LogP contribution in [0.2, 0.25) is 0 Å². The van der Waals surface area contributed by atoms with E-state index in [-0.39, 0.29) is 6.04 Å². The fourth-order valence-corrected chi connectivity index (χ4v) is 2.81. The Morgan fingerprint density at radius 2 is 1.63 bits per heavy atom. The van der Waals surface area contributed by atoms with Crippen molar-refractivity contribution in [1.29, 1.82) is 0 Å². The lowest BCUT2D eigenvalue weighted by Gasteiger charge is -2.16. The third kappa shape index (κ3) is 3.37. The largest absolute Gasteiger partial charge is 0.493 e. The lowest BCUT2D eigenvalue weighted by Crippen LogP contribution is -2.39. The number of rotatable bonds is 7. The highest BCUT2D eigenvalue weighted by atomic mass is 16.5. The van der Waals surface area contributed by atoms with Gasteiger partial charge < -0.3 is 19.5 Å². The number of amides is 5. The van der Waals surface area contributed by atoms with Crippen LogP contribution < -0.4 is 19.5 Å². The van der Waals surface area contributed by atoms with Crippen LogP contribution in [0.3, 0.4) is 0 Å². The normalized spacial score (nSPS) is 16.6. The highest BCUT2D eigenvalue weighted by Gasteiger charge is 2.51. The van der Waals surface area contributed by atoms with E-state index in [9.17, 15) is 19.2 Å². The molecule has 10 nitrogen and oxygen atoms in total. The molecule has 2 fully saturated rings. The minimum atomic E-state index is -0.994. The van der Waals surface area contributed by atoms with Crippen LogP contribution >= 0.6 is 0 Å². The number of nitrogens with one attached hydrogen (secondary N) is 1. The molecule has 0 bridgehead atoms. The molecule has 5 amide bonds. The average molecular weight is 377 g/mol. The van der Waals surface area contributed by atoms with E-state index in [4.69, 9.17) is 14.2 Å². The Labute approximate surface area is 154 Å². The summed E-state index contributed by atoms with van der Waals surface area (Å²) < 4.78 is 15.6. The van der Waals surface area contributed by atoms with Crippen LogP contribution in [0.25, 0.3) is 0 Å². The van der Waals surface area contributed by atoms with E-state index in [1.54, 1.807) is 0 Å². The molecule has 1 aromatic rings. The summed E-state index contributed by atoms with van der Waals surface area (Å²) in [5, 5.41) is 2.55. The molecule has 2 aliphatic rings. The summed E-state index contributed by atoms with van der Waals surface area (Å²) in [6.45, 7) is -0.566. The standard InChI is InChI=1S/C17H19N3O7/c1-25-11-6-9(7-12(26-2)14(11)27-3)18-13(21)8-19-15(22)16(23)20(17(19)24)10-4-5-10/h6-7,10H,4-5,8H2,1-3H3,(H,18,21). The zero-order valence-electron chi connectivity index (χ0n) is 15.1. The third-order valence-corrected chi connectivity index (χ3v) is 4.25. The second-order valence-corrected chi connectivity index (χ2v) is 6.04. The molecule has 1 heterocycles. The van der Waals surface area contributed by atoms with E-state index in [2.05, 4.69) is 5.32 Å². The van der Waals surface area contributed by atoms with Crippen LogP contribution in [0.5, 0.6) is 17.2 Å². The maximum absolute atomic E-state index is 12.3. The van der Waals surface area contributed by atoms with Gasteiger partial charge in [0.15, 0.2) is 11.5 Å². The number of urea groups is 1. The number of benzene rings is 1. The molecule has 0 aromatic heterocycles. The van der Waals surface area contributed by atoms with Crippen LogP contribution in [0, 0.1) is 0 Å². The number of ether oxygens (including phenoxy) is 3. The molecule has 3 rings (SSSR count). The molecule has 27 heavy (non-hydrogen) atoms. The van der Waals surface area contributed by atoms with Gasteiger partial charge >= 0.3 is 17.8 Å². The van der Waals surface area contributed by atoms with Crippen molar-refractivity contribution in [3.63, 3.8) is 0 Å². The SMILES string of the molecule is COc1cc(NC(=O)CN2C(=O)C(=O)N(C3CC3)C2=O)cc(OC)c1OC. The van der Waals surface area contributed by atoms with Gasteiger partial charge in [0.1, 0.15) is 6.54 Å². The molecular weight excluding hydrogens is 358 g/mol. The van der Waals surface area contributed by atoms with Gasteiger partial charge in [0, 0.05) is 23.9 Å². The van der Waals surface area contributed by atoms with Crippen molar-refractivity contribution in [2.24, 2.45) is 0 Å². The smallest absolute Gasteiger partial charge is 0.334 e.